The van der Waals surface area contributed by atoms with Crippen molar-refractivity contribution in [2.75, 3.05) is 25.0 Å². The van der Waals surface area contributed by atoms with Crippen LogP contribution < -0.4 is 10.1 Å². The van der Waals surface area contributed by atoms with E-state index in [4.69, 9.17) is 4.74 Å². The second kappa shape index (κ2) is 9.90. The largest absolute Gasteiger partial charge is 0.458 e. The zero-order valence-electron chi connectivity index (χ0n) is 16.9. The number of ether oxygens (including phenoxy) is 1. The number of nitrogens with one attached hydrogen (secondary N) is 1. The number of aryl methyl sites for hydroxylation is 1. The van der Waals surface area contributed by atoms with E-state index in [1.807, 2.05) is 0 Å². The Hall–Kier alpha value is -2.95. The first kappa shape index (κ1) is 22.7. The fourth-order valence-corrected chi connectivity index (χ4v) is 3.65. The molecule has 11 heteroatoms. The van der Waals surface area contributed by atoms with Crippen molar-refractivity contribution in [3.63, 3.8) is 0 Å². The average Bonchev–Trinajstić information content (AvgIpc) is 3.22. The van der Waals surface area contributed by atoms with E-state index in [9.17, 15) is 18.0 Å². The molecular weight excluding hydrogens is 431 g/mol. The van der Waals surface area contributed by atoms with Crippen molar-refractivity contribution in [2.24, 2.45) is 0 Å². The number of pyridine rings is 1. The molecule has 0 aromatic carbocycles. The van der Waals surface area contributed by atoms with Crippen molar-refractivity contribution < 1.29 is 22.7 Å². The maximum atomic E-state index is 13.0. The van der Waals surface area contributed by atoms with Crippen molar-refractivity contribution >= 4 is 23.1 Å². The highest BCUT2D eigenvalue weighted by Crippen LogP contribution is 2.29. The third-order valence-electron chi connectivity index (χ3n) is 4.80. The maximum Gasteiger partial charge on any atom is 0.415 e. The number of carbonyl (C=O) groups excluding carboxylic acids is 1. The number of allylic oxidation sites excluding steroid dienone is 2. The van der Waals surface area contributed by atoms with Gasteiger partial charge in [-0.05, 0) is 38.0 Å². The Kier molecular flexibility index (Phi) is 7.26. The van der Waals surface area contributed by atoms with E-state index < -0.39 is 11.7 Å². The lowest BCUT2D eigenvalue weighted by atomic mass is 9.97. The summed E-state index contributed by atoms with van der Waals surface area (Å²) in [7, 11) is 0. The average molecular weight is 453 g/mol. The molecule has 1 fully saturated rings. The molecule has 2 aromatic rings. The first-order valence-corrected chi connectivity index (χ1v) is 10.4. The second-order valence-corrected chi connectivity index (χ2v) is 7.80. The van der Waals surface area contributed by atoms with Gasteiger partial charge in [0.05, 0.1) is 17.8 Å². The minimum Gasteiger partial charge on any atom is -0.458 e. The Labute approximate surface area is 181 Å². The van der Waals surface area contributed by atoms with Crippen LogP contribution in [0.1, 0.15) is 30.3 Å². The second-order valence-electron chi connectivity index (χ2n) is 7.05. The first-order chi connectivity index (χ1) is 14.8. The summed E-state index contributed by atoms with van der Waals surface area (Å²) in [5.74, 6) is 1.20. The number of amides is 1. The molecule has 3 rings (SSSR count). The predicted octanol–water partition coefficient (Wildman–Crippen LogP) is 4.07. The number of hydrogen-bond acceptors (Lipinski definition) is 7. The topological polar surface area (TPSA) is 80.2 Å². The zero-order chi connectivity index (χ0) is 22.4. The van der Waals surface area contributed by atoms with E-state index in [2.05, 4.69) is 26.2 Å². The minimum atomic E-state index is -4.56. The Balaban J connectivity index is 1.68. The highest BCUT2D eigenvalue weighted by atomic mass is 32.1. The lowest BCUT2D eigenvalue weighted by Gasteiger charge is -2.27. The highest BCUT2D eigenvalue weighted by Gasteiger charge is 2.31. The Morgan fingerprint density at radius 2 is 2.16 bits per heavy atom. The molecule has 166 valence electrons. The molecule has 0 bridgehead atoms. The zero-order valence-corrected chi connectivity index (χ0v) is 17.7. The maximum absolute atomic E-state index is 13.0. The molecule has 2 aromatic heterocycles. The molecule has 0 aliphatic carbocycles. The molecule has 0 spiro atoms. The third-order valence-corrected chi connectivity index (χ3v) is 5.49. The van der Waals surface area contributed by atoms with Crippen LogP contribution in [-0.2, 0) is 4.79 Å². The van der Waals surface area contributed by atoms with E-state index in [0.717, 1.165) is 36.9 Å². The van der Waals surface area contributed by atoms with Gasteiger partial charge in [0.25, 0.3) is 0 Å². The van der Waals surface area contributed by atoms with Crippen LogP contribution in [0.3, 0.4) is 0 Å². The molecule has 1 N–H and O–H groups in total. The number of alkyl halides is 3. The minimum absolute atomic E-state index is 0.0227. The summed E-state index contributed by atoms with van der Waals surface area (Å²) in [6, 6.07) is 3.26. The third kappa shape index (κ3) is 6.27. The quantitative estimate of drug-likeness (QED) is 0.369. The monoisotopic (exact) mass is 453 g/mol. The van der Waals surface area contributed by atoms with Gasteiger partial charge in [-0.2, -0.15) is 17.5 Å². The number of aromatic nitrogens is 3. The molecule has 3 heterocycles. The summed E-state index contributed by atoms with van der Waals surface area (Å²) < 4.78 is 49.0. The molecule has 1 amide bonds. The molecule has 0 radical (unpaired) electrons. The lowest BCUT2D eigenvalue weighted by Crippen LogP contribution is -2.31. The molecule has 1 aliphatic rings. The predicted molar refractivity (Wildman–Crippen MR) is 111 cm³/mol. The van der Waals surface area contributed by atoms with E-state index in [0.29, 0.717) is 35.5 Å². The normalized spacial score (nSPS) is 15.6. The molecule has 0 unspecified atom stereocenters. The van der Waals surface area contributed by atoms with Gasteiger partial charge in [-0.1, -0.05) is 6.58 Å². The summed E-state index contributed by atoms with van der Waals surface area (Å²) in [4.78, 5) is 21.1. The Morgan fingerprint density at radius 1 is 1.42 bits per heavy atom. The fraction of sp³-hybridized carbons (Fsp3) is 0.400. The van der Waals surface area contributed by atoms with Gasteiger partial charge < -0.3 is 15.0 Å². The molecule has 0 atom stereocenters. The smallest absolute Gasteiger partial charge is 0.415 e. The van der Waals surface area contributed by atoms with Crippen LogP contribution >= 0.6 is 11.5 Å². The van der Waals surface area contributed by atoms with Crippen LogP contribution in [0, 0.1) is 6.92 Å². The number of piperidine rings is 1. The number of likely N-dealkylation sites (tertiary alicyclic amines) is 1. The molecule has 0 saturated carbocycles. The summed E-state index contributed by atoms with van der Waals surface area (Å²) in [6.07, 6.45) is 0.246. The van der Waals surface area contributed by atoms with Crippen LogP contribution in [0.25, 0.3) is 0 Å². The first-order valence-electron chi connectivity index (χ1n) is 9.59. The van der Waals surface area contributed by atoms with Gasteiger partial charge in [-0.15, -0.1) is 0 Å². The number of rotatable bonds is 8. The molecule has 1 aliphatic heterocycles. The van der Waals surface area contributed by atoms with Crippen LogP contribution in [0.2, 0.25) is 0 Å². The van der Waals surface area contributed by atoms with Crippen molar-refractivity contribution in [1.82, 2.24) is 19.2 Å². The Bertz CT molecular complexity index is 952. The van der Waals surface area contributed by atoms with Gasteiger partial charge in [0, 0.05) is 36.7 Å². The molecular formula is C20H22F3N5O2S. The van der Waals surface area contributed by atoms with Crippen LogP contribution in [0.15, 0.2) is 42.3 Å². The van der Waals surface area contributed by atoms with E-state index in [1.54, 1.807) is 30.2 Å². The van der Waals surface area contributed by atoms with Crippen molar-refractivity contribution in [1.29, 1.82) is 0 Å². The van der Waals surface area contributed by atoms with Crippen molar-refractivity contribution in [3.8, 4) is 5.75 Å². The molecule has 7 nitrogen and oxygen atoms in total. The fourth-order valence-electron chi connectivity index (χ4n) is 3.01. The van der Waals surface area contributed by atoms with Crippen molar-refractivity contribution in [3.05, 3.63) is 53.8 Å². The van der Waals surface area contributed by atoms with Crippen molar-refractivity contribution in [2.45, 2.75) is 31.9 Å². The number of halogens is 3. The van der Waals surface area contributed by atoms with Gasteiger partial charge in [-0.3, -0.25) is 9.78 Å². The van der Waals surface area contributed by atoms with E-state index >= 15 is 0 Å². The standard InChI is InChI=1S/C20H22F3N5O2S/c1-13(20(21,22)23)10-16(30-17-4-3-7-24-14(17)2)11-25-19-26-18(27-31-19)15-5-8-28(12-29)9-6-15/h3-4,7,10,12,15H,1,5-6,8-9,11H2,2H3,(H,25,26,27)/b16-10+. The van der Waals surface area contributed by atoms with Gasteiger partial charge in [0.1, 0.15) is 17.3 Å². The van der Waals surface area contributed by atoms with Gasteiger partial charge in [0.15, 0.2) is 0 Å². The van der Waals surface area contributed by atoms with Crippen LogP contribution in [0.5, 0.6) is 5.75 Å². The molecule has 1 saturated heterocycles. The highest BCUT2D eigenvalue weighted by molar-refractivity contribution is 7.09. The number of carbonyl (C=O) groups is 1. The SMILES string of the molecule is C=C(/C=C(\CNc1nc(C2CCN(C=O)CC2)ns1)Oc1cccnc1C)C(F)(F)F. The summed E-state index contributed by atoms with van der Waals surface area (Å²) in [5.41, 5.74) is -0.475. The van der Waals surface area contributed by atoms with Crippen LogP contribution in [-0.4, -0.2) is 51.5 Å². The number of nitrogens with zero attached hydrogens (tertiary/aromatic N) is 4. The van der Waals surface area contributed by atoms with Gasteiger partial charge in [0.2, 0.25) is 11.5 Å². The van der Waals surface area contributed by atoms with E-state index in [-0.39, 0.29) is 18.2 Å². The van der Waals surface area contributed by atoms with Crippen LogP contribution in [0.4, 0.5) is 18.3 Å². The number of anilines is 1. The Morgan fingerprint density at radius 3 is 2.81 bits per heavy atom. The summed E-state index contributed by atoms with van der Waals surface area (Å²) in [5, 5.41) is 3.45. The van der Waals surface area contributed by atoms with E-state index in [1.165, 1.54) is 0 Å². The summed E-state index contributed by atoms with van der Waals surface area (Å²) >= 11 is 1.13. The van der Waals surface area contributed by atoms with Gasteiger partial charge >= 0.3 is 6.18 Å². The number of hydrogen-bond donors (Lipinski definition) is 1. The van der Waals surface area contributed by atoms with Gasteiger partial charge in [-0.25, -0.2) is 4.98 Å². The summed E-state index contributed by atoms with van der Waals surface area (Å²) in [6.45, 7) is 6.05. The molecule has 31 heavy (non-hydrogen) atoms. The lowest BCUT2D eigenvalue weighted by molar-refractivity contribution is -0.119.